The molecule has 0 aromatic rings. The zero-order valence-electron chi connectivity index (χ0n) is 7.28. The minimum Gasteiger partial charge on any atom is -0.323 e. The van der Waals surface area contributed by atoms with Crippen molar-refractivity contribution in [3.05, 3.63) is 0 Å². The van der Waals surface area contributed by atoms with Crippen molar-refractivity contribution < 1.29 is 17.2 Å². The second-order valence-corrected chi connectivity index (χ2v) is 3.85. The van der Waals surface area contributed by atoms with Crippen LogP contribution < -0.4 is 5.73 Å². The first-order chi connectivity index (χ1) is 5.33. The van der Waals surface area contributed by atoms with Crippen LogP contribution in [0.25, 0.3) is 0 Å². The predicted octanol–water partition coefficient (Wildman–Crippen LogP) is 0.323. The molecule has 0 spiro atoms. The van der Waals surface area contributed by atoms with E-state index in [9.17, 15) is 8.42 Å². The molecule has 6 heteroatoms. The summed E-state index contributed by atoms with van der Waals surface area (Å²) in [6.07, 6.45) is 1.19. The topological polar surface area (TPSA) is 89.6 Å². The van der Waals surface area contributed by atoms with E-state index in [-0.39, 0.29) is 6.61 Å². The highest BCUT2D eigenvalue weighted by Crippen LogP contribution is 2.12. The Morgan fingerprint density at radius 1 is 1.42 bits per heavy atom. The first kappa shape index (κ1) is 11.8. The average molecular weight is 197 g/mol. The Kier molecular flexibility index (Phi) is 4.12. The summed E-state index contributed by atoms with van der Waals surface area (Å²) < 4.78 is 32.8. The average Bonchev–Trinajstić information content (AvgIpc) is 1.99. The Morgan fingerprint density at radius 3 is 2.08 bits per heavy atom. The van der Waals surface area contributed by atoms with Gasteiger partial charge < -0.3 is 5.73 Å². The molecule has 5 nitrogen and oxygen atoms in total. The van der Waals surface area contributed by atoms with Crippen LogP contribution in [-0.2, 0) is 14.6 Å². The molecule has 0 radical (unpaired) electrons. The fourth-order valence-corrected chi connectivity index (χ4v) is 1.03. The Labute approximate surface area is 72.9 Å². The van der Waals surface area contributed by atoms with Crippen LogP contribution in [0, 0.1) is 0 Å². The Hall–Kier alpha value is -0.170. The second kappa shape index (κ2) is 4.18. The van der Waals surface area contributed by atoms with Gasteiger partial charge in [-0.1, -0.05) is 13.8 Å². The van der Waals surface area contributed by atoms with Crippen LogP contribution >= 0.6 is 0 Å². The standard InChI is InChI=1S/C6H15NO4S/c1-3-6(7,4-2)5-11-12(8,9)10/h3-5,7H2,1-2H3,(H,8,9,10). The molecule has 0 aliphatic carbocycles. The van der Waals surface area contributed by atoms with Gasteiger partial charge in [0, 0.05) is 5.54 Å². The molecule has 0 atom stereocenters. The molecule has 0 saturated carbocycles. The molecular weight excluding hydrogens is 182 g/mol. The van der Waals surface area contributed by atoms with E-state index in [0.717, 1.165) is 0 Å². The van der Waals surface area contributed by atoms with E-state index in [0.29, 0.717) is 12.8 Å². The molecule has 3 N–H and O–H groups in total. The molecule has 74 valence electrons. The summed E-state index contributed by atoms with van der Waals surface area (Å²) in [5.41, 5.74) is 5.03. The van der Waals surface area contributed by atoms with Crippen molar-refractivity contribution >= 4 is 10.4 Å². The van der Waals surface area contributed by atoms with Crippen molar-refractivity contribution in [2.75, 3.05) is 6.61 Å². The van der Waals surface area contributed by atoms with Crippen molar-refractivity contribution in [1.82, 2.24) is 0 Å². The molecule has 0 unspecified atom stereocenters. The van der Waals surface area contributed by atoms with Crippen molar-refractivity contribution in [2.24, 2.45) is 5.73 Å². The molecule has 0 bridgehead atoms. The summed E-state index contributed by atoms with van der Waals surface area (Å²) in [4.78, 5) is 0. The second-order valence-electron chi connectivity index (χ2n) is 2.76. The highest BCUT2D eigenvalue weighted by molar-refractivity contribution is 7.80. The van der Waals surface area contributed by atoms with E-state index in [1.54, 1.807) is 0 Å². The van der Waals surface area contributed by atoms with Crippen LogP contribution in [-0.4, -0.2) is 25.1 Å². The monoisotopic (exact) mass is 197 g/mol. The highest BCUT2D eigenvalue weighted by atomic mass is 32.3. The van der Waals surface area contributed by atoms with Crippen LogP contribution in [0.5, 0.6) is 0 Å². The first-order valence-electron chi connectivity index (χ1n) is 3.73. The maximum Gasteiger partial charge on any atom is 0.397 e. The zero-order chi connectivity index (χ0) is 9.83. The van der Waals surface area contributed by atoms with Crippen LogP contribution in [0.15, 0.2) is 0 Å². The van der Waals surface area contributed by atoms with Gasteiger partial charge in [0.05, 0.1) is 6.61 Å². The van der Waals surface area contributed by atoms with Crippen LogP contribution in [0.4, 0.5) is 0 Å². The van der Waals surface area contributed by atoms with Gasteiger partial charge in [-0.2, -0.15) is 8.42 Å². The van der Waals surface area contributed by atoms with Crippen LogP contribution in [0.2, 0.25) is 0 Å². The van der Waals surface area contributed by atoms with Crippen LogP contribution in [0.3, 0.4) is 0 Å². The third-order valence-corrected chi connectivity index (χ3v) is 2.32. The Morgan fingerprint density at radius 2 is 1.83 bits per heavy atom. The number of hydrogen-bond donors (Lipinski definition) is 2. The van der Waals surface area contributed by atoms with Gasteiger partial charge in [0.2, 0.25) is 0 Å². The summed E-state index contributed by atoms with van der Waals surface area (Å²) in [5.74, 6) is 0. The lowest BCUT2D eigenvalue weighted by atomic mass is 9.96. The van der Waals surface area contributed by atoms with Gasteiger partial charge in [-0.3, -0.25) is 4.55 Å². The maximum atomic E-state index is 10.2. The van der Waals surface area contributed by atoms with E-state index < -0.39 is 15.9 Å². The smallest absolute Gasteiger partial charge is 0.323 e. The van der Waals surface area contributed by atoms with Crippen molar-refractivity contribution in [2.45, 2.75) is 32.2 Å². The van der Waals surface area contributed by atoms with E-state index in [1.807, 2.05) is 13.8 Å². The predicted molar refractivity (Wildman–Crippen MR) is 45.0 cm³/mol. The molecule has 0 rings (SSSR count). The third-order valence-electron chi connectivity index (χ3n) is 1.90. The summed E-state index contributed by atoms with van der Waals surface area (Å²) in [5, 5.41) is 0. The summed E-state index contributed by atoms with van der Waals surface area (Å²) >= 11 is 0. The Bertz CT molecular complexity index is 220. The normalized spacial score (nSPS) is 13.3. The lowest BCUT2D eigenvalue weighted by Crippen LogP contribution is -2.43. The third kappa shape index (κ3) is 4.66. The number of nitrogens with two attached hydrogens (primary N) is 1. The molecule has 0 aromatic carbocycles. The van der Waals surface area contributed by atoms with E-state index in [1.165, 1.54) is 0 Å². The summed E-state index contributed by atoms with van der Waals surface area (Å²) in [6, 6.07) is 0. The van der Waals surface area contributed by atoms with E-state index in [4.69, 9.17) is 10.3 Å². The number of hydrogen-bond acceptors (Lipinski definition) is 4. The fraction of sp³-hybridized carbons (Fsp3) is 1.00. The molecular formula is C6H15NO4S. The molecule has 0 aliphatic rings. The molecule has 0 saturated heterocycles. The van der Waals surface area contributed by atoms with Gasteiger partial charge in [-0.15, -0.1) is 0 Å². The van der Waals surface area contributed by atoms with Crippen LogP contribution in [0.1, 0.15) is 26.7 Å². The van der Waals surface area contributed by atoms with Gasteiger partial charge in [-0.25, -0.2) is 4.18 Å². The van der Waals surface area contributed by atoms with Crippen molar-refractivity contribution in [3.8, 4) is 0 Å². The maximum absolute atomic E-state index is 10.2. The van der Waals surface area contributed by atoms with Gasteiger partial charge in [0.15, 0.2) is 0 Å². The van der Waals surface area contributed by atoms with Gasteiger partial charge in [0.25, 0.3) is 0 Å². The van der Waals surface area contributed by atoms with E-state index >= 15 is 0 Å². The lowest BCUT2D eigenvalue weighted by Gasteiger charge is -2.24. The van der Waals surface area contributed by atoms with E-state index in [2.05, 4.69) is 4.18 Å². The fourth-order valence-electron chi connectivity index (χ4n) is 0.646. The quantitative estimate of drug-likeness (QED) is 0.620. The van der Waals surface area contributed by atoms with Crippen molar-refractivity contribution in [1.29, 1.82) is 0 Å². The van der Waals surface area contributed by atoms with Gasteiger partial charge in [0.1, 0.15) is 0 Å². The SMILES string of the molecule is CCC(N)(CC)COS(=O)(=O)O. The molecule has 0 aliphatic heterocycles. The minimum absolute atomic E-state index is 0.182. The number of rotatable bonds is 5. The minimum atomic E-state index is -4.36. The molecule has 0 heterocycles. The Balaban J connectivity index is 4.07. The largest absolute Gasteiger partial charge is 0.397 e. The van der Waals surface area contributed by atoms with Gasteiger partial charge in [-0.05, 0) is 12.8 Å². The molecule has 0 amide bonds. The molecule has 0 aromatic heterocycles. The summed E-state index contributed by atoms with van der Waals surface area (Å²) in [6.45, 7) is 3.48. The zero-order valence-corrected chi connectivity index (χ0v) is 8.10. The first-order valence-corrected chi connectivity index (χ1v) is 5.10. The van der Waals surface area contributed by atoms with Gasteiger partial charge >= 0.3 is 10.4 Å². The summed E-state index contributed by atoms with van der Waals surface area (Å²) in [7, 11) is -4.36. The molecule has 12 heavy (non-hydrogen) atoms. The highest BCUT2D eigenvalue weighted by Gasteiger charge is 2.23. The molecule has 0 fully saturated rings. The lowest BCUT2D eigenvalue weighted by molar-refractivity contribution is 0.190. The van der Waals surface area contributed by atoms with Crippen molar-refractivity contribution in [3.63, 3.8) is 0 Å².